The second kappa shape index (κ2) is 12.5. The average Bonchev–Trinajstić information content (AvgIpc) is 3.25. The normalized spacial score (nSPS) is 16.7. The largest absolute Gasteiger partial charge is 0.468 e. The van der Waals surface area contributed by atoms with E-state index in [1.54, 1.807) is 6.26 Å². The predicted molar refractivity (Wildman–Crippen MR) is 115 cm³/mol. The Morgan fingerprint density at radius 3 is 2.68 bits per heavy atom. The van der Waals surface area contributed by atoms with Gasteiger partial charge in [-0.2, -0.15) is 0 Å². The van der Waals surface area contributed by atoms with Crippen LogP contribution in [0, 0.1) is 0 Å². The zero-order valence-electron chi connectivity index (χ0n) is 15.8. The Hall–Kier alpha value is -0.800. The molecule has 0 bridgehead atoms. The van der Waals surface area contributed by atoms with Gasteiger partial charge in [0.15, 0.2) is 5.96 Å². The summed E-state index contributed by atoms with van der Waals surface area (Å²) < 4.78 is 5.67. The molecule has 7 heteroatoms. The van der Waals surface area contributed by atoms with Gasteiger partial charge in [-0.05, 0) is 72.0 Å². The molecule has 2 rings (SSSR count). The molecule has 1 aliphatic heterocycles. The third-order valence-corrected chi connectivity index (χ3v) is 4.29. The number of aliphatic imine (C=N–C) groups is 1. The zero-order valence-corrected chi connectivity index (χ0v) is 18.2. The molecule has 6 nitrogen and oxygen atoms in total. The van der Waals surface area contributed by atoms with E-state index >= 15 is 0 Å². The van der Waals surface area contributed by atoms with E-state index in [4.69, 9.17) is 9.41 Å². The topological polar surface area (TPSA) is 56.0 Å². The first kappa shape index (κ1) is 22.2. The van der Waals surface area contributed by atoms with Crippen molar-refractivity contribution in [2.24, 2.45) is 4.99 Å². The molecule has 0 radical (unpaired) electrons. The molecule has 2 N–H and O–H groups in total. The number of rotatable bonds is 9. The van der Waals surface area contributed by atoms with Crippen molar-refractivity contribution in [1.82, 2.24) is 20.4 Å². The molecule has 144 valence electrons. The van der Waals surface area contributed by atoms with Crippen LogP contribution in [0.15, 0.2) is 27.8 Å². The van der Waals surface area contributed by atoms with Crippen molar-refractivity contribution < 1.29 is 4.42 Å². The highest BCUT2D eigenvalue weighted by molar-refractivity contribution is 14.0. The van der Waals surface area contributed by atoms with Gasteiger partial charge in [0.1, 0.15) is 5.76 Å². The first-order valence-electron chi connectivity index (χ1n) is 9.15. The molecule has 0 aliphatic carbocycles. The molecule has 0 saturated carbocycles. The first-order chi connectivity index (χ1) is 11.7. The van der Waals surface area contributed by atoms with Gasteiger partial charge in [0.05, 0.1) is 18.8 Å². The summed E-state index contributed by atoms with van der Waals surface area (Å²) >= 11 is 0. The van der Waals surface area contributed by atoms with Crippen LogP contribution in [0.5, 0.6) is 0 Å². The van der Waals surface area contributed by atoms with Gasteiger partial charge >= 0.3 is 0 Å². The molecule has 1 aromatic rings. The molecule has 1 fully saturated rings. The van der Waals surface area contributed by atoms with Crippen LogP contribution in [-0.4, -0.2) is 69.1 Å². The fraction of sp³-hybridized carbons (Fsp3) is 0.722. The van der Waals surface area contributed by atoms with E-state index in [1.807, 2.05) is 6.07 Å². The number of hydrogen-bond donors (Lipinski definition) is 2. The lowest BCUT2D eigenvalue weighted by atomic mass is 10.2. The van der Waals surface area contributed by atoms with Gasteiger partial charge in [0.2, 0.25) is 0 Å². The summed E-state index contributed by atoms with van der Waals surface area (Å²) in [5, 5.41) is 6.77. The Kier molecular flexibility index (Phi) is 11.2. The Labute approximate surface area is 169 Å². The van der Waals surface area contributed by atoms with Crippen LogP contribution in [0.4, 0.5) is 0 Å². The fourth-order valence-corrected chi connectivity index (χ4v) is 3.04. The smallest absolute Gasteiger partial charge is 0.191 e. The van der Waals surface area contributed by atoms with Gasteiger partial charge in [-0.3, -0.25) is 9.89 Å². The zero-order chi connectivity index (χ0) is 17.2. The molecule has 0 aromatic carbocycles. The van der Waals surface area contributed by atoms with E-state index in [-0.39, 0.29) is 30.0 Å². The number of likely N-dealkylation sites (tertiary alicyclic amines) is 1. The number of guanidine groups is 1. The predicted octanol–water partition coefficient (Wildman–Crippen LogP) is 2.54. The van der Waals surface area contributed by atoms with E-state index < -0.39 is 0 Å². The average molecular weight is 463 g/mol. The molecule has 1 saturated heterocycles. The van der Waals surface area contributed by atoms with Crippen molar-refractivity contribution in [3.8, 4) is 0 Å². The number of nitrogens with zero attached hydrogens (tertiary/aromatic N) is 3. The van der Waals surface area contributed by atoms with Crippen molar-refractivity contribution in [3.63, 3.8) is 0 Å². The van der Waals surface area contributed by atoms with Crippen LogP contribution in [0.1, 0.15) is 38.0 Å². The number of halogens is 1. The van der Waals surface area contributed by atoms with Gasteiger partial charge in [-0.15, -0.1) is 24.0 Å². The SMILES string of the molecule is CCNC(=NCC(c1ccco1)N1CCCC1)NCCCN(C)C.I. The highest BCUT2D eigenvalue weighted by atomic mass is 127. The maximum absolute atomic E-state index is 5.67. The lowest BCUT2D eigenvalue weighted by molar-refractivity contribution is 0.221. The van der Waals surface area contributed by atoms with Gasteiger partial charge < -0.3 is 20.0 Å². The van der Waals surface area contributed by atoms with Gasteiger partial charge in [-0.25, -0.2) is 0 Å². The Bertz CT molecular complexity index is 472. The molecule has 0 amide bonds. The molecule has 25 heavy (non-hydrogen) atoms. The maximum atomic E-state index is 5.67. The second-order valence-electron chi connectivity index (χ2n) is 6.58. The van der Waals surface area contributed by atoms with Gasteiger partial charge in [0, 0.05) is 13.1 Å². The van der Waals surface area contributed by atoms with Crippen molar-refractivity contribution in [1.29, 1.82) is 0 Å². The van der Waals surface area contributed by atoms with E-state index in [1.165, 1.54) is 12.8 Å². The third kappa shape index (κ3) is 7.96. The minimum Gasteiger partial charge on any atom is -0.468 e. The molecule has 2 heterocycles. The van der Waals surface area contributed by atoms with Crippen molar-refractivity contribution in [2.45, 2.75) is 32.2 Å². The van der Waals surface area contributed by atoms with Crippen LogP contribution in [0.25, 0.3) is 0 Å². The van der Waals surface area contributed by atoms with E-state index in [0.717, 1.165) is 57.4 Å². The monoisotopic (exact) mass is 463 g/mol. The van der Waals surface area contributed by atoms with E-state index in [2.05, 4.69) is 47.5 Å². The maximum Gasteiger partial charge on any atom is 0.191 e. The molecular formula is C18H34IN5O. The number of nitrogens with one attached hydrogen (secondary N) is 2. The quantitative estimate of drug-likeness (QED) is 0.255. The molecular weight excluding hydrogens is 429 g/mol. The van der Waals surface area contributed by atoms with E-state index in [9.17, 15) is 0 Å². The highest BCUT2D eigenvalue weighted by Gasteiger charge is 2.25. The Morgan fingerprint density at radius 1 is 1.32 bits per heavy atom. The summed E-state index contributed by atoms with van der Waals surface area (Å²) in [6, 6.07) is 4.27. The molecule has 1 unspecified atom stereocenters. The summed E-state index contributed by atoms with van der Waals surface area (Å²) in [5.41, 5.74) is 0. The summed E-state index contributed by atoms with van der Waals surface area (Å²) in [6.45, 7) is 7.96. The molecule has 1 aliphatic rings. The number of furan rings is 1. The van der Waals surface area contributed by atoms with E-state index in [0.29, 0.717) is 0 Å². The second-order valence-corrected chi connectivity index (χ2v) is 6.58. The lowest BCUT2D eigenvalue weighted by Crippen LogP contribution is -2.39. The lowest BCUT2D eigenvalue weighted by Gasteiger charge is -2.24. The van der Waals surface area contributed by atoms with Crippen LogP contribution >= 0.6 is 24.0 Å². The molecule has 1 atom stereocenters. The molecule has 1 aromatic heterocycles. The van der Waals surface area contributed by atoms with Gasteiger partial charge in [0.25, 0.3) is 0 Å². The summed E-state index contributed by atoms with van der Waals surface area (Å²) in [6.07, 6.45) is 5.39. The number of hydrogen-bond acceptors (Lipinski definition) is 4. The highest BCUT2D eigenvalue weighted by Crippen LogP contribution is 2.25. The summed E-state index contributed by atoms with van der Waals surface area (Å²) in [5.74, 6) is 1.91. The first-order valence-corrected chi connectivity index (χ1v) is 9.15. The minimum absolute atomic E-state index is 0. The van der Waals surface area contributed by atoms with Crippen molar-refractivity contribution >= 4 is 29.9 Å². The third-order valence-electron chi connectivity index (χ3n) is 4.29. The van der Waals surface area contributed by atoms with Crippen LogP contribution in [0.3, 0.4) is 0 Å². The molecule has 0 spiro atoms. The van der Waals surface area contributed by atoms with Crippen molar-refractivity contribution in [3.05, 3.63) is 24.2 Å². The fourth-order valence-electron chi connectivity index (χ4n) is 3.04. The standard InChI is InChI=1S/C18H33N5O.HI/c1-4-19-18(20-10-8-11-22(2)3)21-15-16(17-9-7-14-24-17)23-12-5-6-13-23;/h7,9,14,16H,4-6,8,10-13,15H2,1-3H3,(H2,19,20,21);1H. The summed E-state index contributed by atoms with van der Waals surface area (Å²) in [4.78, 5) is 9.49. The Balaban J connectivity index is 0.00000312. The minimum atomic E-state index is 0. The van der Waals surface area contributed by atoms with Crippen molar-refractivity contribution in [2.75, 3.05) is 53.4 Å². The van der Waals surface area contributed by atoms with Crippen LogP contribution in [-0.2, 0) is 0 Å². The van der Waals surface area contributed by atoms with Crippen LogP contribution < -0.4 is 10.6 Å². The Morgan fingerprint density at radius 2 is 2.08 bits per heavy atom. The summed E-state index contributed by atoms with van der Waals surface area (Å²) in [7, 11) is 4.20. The van der Waals surface area contributed by atoms with Gasteiger partial charge in [-0.1, -0.05) is 0 Å². The van der Waals surface area contributed by atoms with Crippen LogP contribution in [0.2, 0.25) is 0 Å².